The van der Waals surface area contributed by atoms with Gasteiger partial charge in [-0.15, -0.1) is 0 Å². The van der Waals surface area contributed by atoms with Crippen molar-refractivity contribution in [2.45, 2.75) is 6.54 Å². The molecular weight excluding hydrogens is 326 g/mol. The maximum atomic E-state index is 11.9. The molecule has 0 bridgehead atoms. The Morgan fingerprint density at radius 3 is 2.85 bits per heavy atom. The van der Waals surface area contributed by atoms with Gasteiger partial charge in [-0.1, -0.05) is 12.1 Å². The molecule has 1 heterocycles. The van der Waals surface area contributed by atoms with Crippen LogP contribution < -0.4 is 5.32 Å². The molecule has 0 radical (unpaired) electrons. The zero-order chi connectivity index (χ0) is 14.5. The van der Waals surface area contributed by atoms with Crippen molar-refractivity contribution in [2.75, 3.05) is 0 Å². The maximum Gasteiger partial charge on any atom is 0.269 e. The van der Waals surface area contributed by atoms with E-state index in [1.807, 2.05) is 0 Å². The Kier molecular flexibility index (Phi) is 4.41. The monoisotopic (exact) mass is 335 g/mol. The second-order valence-corrected chi connectivity index (χ2v) is 4.70. The standard InChI is InChI=1S/C13H10BrN3O3/c14-12-11(5-2-6-15-12)13(18)16-8-9-3-1-4-10(7-9)17(19)20/h1-7H,8H2,(H,16,18). The van der Waals surface area contributed by atoms with E-state index in [4.69, 9.17) is 0 Å². The van der Waals surface area contributed by atoms with Crippen LogP contribution in [0.15, 0.2) is 47.2 Å². The molecule has 0 atom stereocenters. The van der Waals surface area contributed by atoms with Crippen molar-refractivity contribution in [3.05, 3.63) is 68.4 Å². The normalized spacial score (nSPS) is 10.1. The Labute approximate surface area is 123 Å². The summed E-state index contributed by atoms with van der Waals surface area (Å²) >= 11 is 3.19. The minimum Gasteiger partial charge on any atom is -0.348 e. The number of nitrogens with one attached hydrogen (secondary N) is 1. The topological polar surface area (TPSA) is 85.1 Å². The summed E-state index contributed by atoms with van der Waals surface area (Å²) in [6, 6.07) is 9.43. The summed E-state index contributed by atoms with van der Waals surface area (Å²) in [6.45, 7) is 0.210. The highest BCUT2D eigenvalue weighted by Crippen LogP contribution is 2.14. The molecule has 0 aliphatic rings. The van der Waals surface area contributed by atoms with Gasteiger partial charge < -0.3 is 5.32 Å². The molecule has 1 aromatic carbocycles. The van der Waals surface area contributed by atoms with Gasteiger partial charge >= 0.3 is 0 Å². The highest BCUT2D eigenvalue weighted by molar-refractivity contribution is 9.10. The van der Waals surface area contributed by atoms with Gasteiger partial charge in [-0.25, -0.2) is 4.98 Å². The molecule has 0 aliphatic heterocycles. The van der Waals surface area contributed by atoms with Gasteiger partial charge in [0.25, 0.3) is 11.6 Å². The van der Waals surface area contributed by atoms with Gasteiger partial charge in [-0.2, -0.15) is 0 Å². The largest absolute Gasteiger partial charge is 0.348 e. The predicted molar refractivity (Wildman–Crippen MR) is 76.2 cm³/mol. The zero-order valence-corrected chi connectivity index (χ0v) is 11.8. The number of nitro groups is 1. The SMILES string of the molecule is O=C(NCc1cccc([N+](=O)[O-])c1)c1cccnc1Br. The molecule has 0 saturated heterocycles. The van der Waals surface area contributed by atoms with Crippen LogP contribution >= 0.6 is 15.9 Å². The first-order valence-electron chi connectivity index (χ1n) is 5.70. The van der Waals surface area contributed by atoms with Crippen LogP contribution in [-0.4, -0.2) is 15.8 Å². The third-order valence-electron chi connectivity index (χ3n) is 2.58. The van der Waals surface area contributed by atoms with E-state index in [2.05, 4.69) is 26.2 Å². The minimum atomic E-state index is -0.469. The van der Waals surface area contributed by atoms with Gasteiger partial charge in [0.1, 0.15) is 4.60 Å². The van der Waals surface area contributed by atoms with E-state index >= 15 is 0 Å². The van der Waals surface area contributed by atoms with E-state index in [1.54, 1.807) is 30.5 Å². The molecule has 0 saturated carbocycles. The fourth-order valence-electron chi connectivity index (χ4n) is 1.61. The second kappa shape index (κ2) is 6.25. The molecular formula is C13H10BrN3O3. The third kappa shape index (κ3) is 3.39. The van der Waals surface area contributed by atoms with E-state index in [-0.39, 0.29) is 18.1 Å². The Morgan fingerprint density at radius 2 is 2.15 bits per heavy atom. The highest BCUT2D eigenvalue weighted by atomic mass is 79.9. The predicted octanol–water partition coefficient (Wildman–Crippen LogP) is 2.68. The minimum absolute atomic E-state index is 0.000641. The van der Waals surface area contributed by atoms with Crippen molar-refractivity contribution in [3.8, 4) is 0 Å². The number of carbonyl (C=O) groups is 1. The van der Waals surface area contributed by atoms with Crippen LogP contribution in [0.4, 0.5) is 5.69 Å². The van der Waals surface area contributed by atoms with Crippen molar-refractivity contribution < 1.29 is 9.72 Å². The number of hydrogen-bond donors (Lipinski definition) is 1. The molecule has 6 nitrogen and oxygen atoms in total. The van der Waals surface area contributed by atoms with E-state index in [1.165, 1.54) is 12.1 Å². The zero-order valence-electron chi connectivity index (χ0n) is 10.2. The molecule has 1 aromatic heterocycles. The lowest BCUT2D eigenvalue weighted by Crippen LogP contribution is -2.23. The van der Waals surface area contributed by atoms with Gasteiger partial charge in [0.15, 0.2) is 0 Å². The van der Waals surface area contributed by atoms with Gasteiger partial charge in [-0.05, 0) is 33.6 Å². The average molecular weight is 336 g/mol. The van der Waals surface area contributed by atoms with Crippen molar-refractivity contribution in [3.63, 3.8) is 0 Å². The van der Waals surface area contributed by atoms with E-state index < -0.39 is 4.92 Å². The number of nitrogens with zero attached hydrogens (tertiary/aromatic N) is 2. The Bertz CT molecular complexity index is 661. The fraction of sp³-hybridized carbons (Fsp3) is 0.0769. The van der Waals surface area contributed by atoms with Gasteiger partial charge in [-0.3, -0.25) is 14.9 Å². The van der Waals surface area contributed by atoms with Crippen LogP contribution in [0.2, 0.25) is 0 Å². The summed E-state index contributed by atoms with van der Waals surface area (Å²) in [5, 5.41) is 13.4. The van der Waals surface area contributed by atoms with Gasteiger partial charge in [0.2, 0.25) is 0 Å². The first-order chi connectivity index (χ1) is 9.58. The van der Waals surface area contributed by atoms with Crippen LogP contribution in [0.1, 0.15) is 15.9 Å². The molecule has 2 rings (SSSR count). The molecule has 1 N–H and O–H groups in total. The molecule has 2 aromatic rings. The van der Waals surface area contributed by atoms with Crippen molar-refractivity contribution in [2.24, 2.45) is 0 Å². The average Bonchev–Trinajstić information content (AvgIpc) is 2.45. The smallest absolute Gasteiger partial charge is 0.269 e. The number of halogens is 1. The molecule has 0 fully saturated rings. The van der Waals surface area contributed by atoms with E-state index in [0.29, 0.717) is 15.7 Å². The number of aromatic nitrogens is 1. The molecule has 0 spiro atoms. The first-order valence-corrected chi connectivity index (χ1v) is 6.49. The lowest BCUT2D eigenvalue weighted by atomic mass is 10.2. The maximum absolute atomic E-state index is 11.9. The summed E-state index contributed by atoms with van der Waals surface area (Å²) in [5.41, 5.74) is 1.07. The highest BCUT2D eigenvalue weighted by Gasteiger charge is 2.11. The number of non-ortho nitro benzene ring substituents is 1. The van der Waals surface area contributed by atoms with Crippen LogP contribution in [-0.2, 0) is 6.54 Å². The van der Waals surface area contributed by atoms with E-state index in [0.717, 1.165) is 0 Å². The van der Waals surface area contributed by atoms with E-state index in [9.17, 15) is 14.9 Å². The van der Waals surface area contributed by atoms with Crippen molar-refractivity contribution in [1.82, 2.24) is 10.3 Å². The summed E-state index contributed by atoms with van der Waals surface area (Å²) in [7, 11) is 0. The number of carbonyl (C=O) groups excluding carboxylic acids is 1. The van der Waals surface area contributed by atoms with Gasteiger partial charge in [0.05, 0.1) is 10.5 Å². The lowest BCUT2D eigenvalue weighted by molar-refractivity contribution is -0.384. The van der Waals surface area contributed by atoms with Crippen molar-refractivity contribution >= 4 is 27.5 Å². The van der Waals surface area contributed by atoms with Crippen molar-refractivity contribution in [1.29, 1.82) is 0 Å². The molecule has 7 heteroatoms. The number of nitro benzene ring substituents is 1. The quantitative estimate of drug-likeness (QED) is 0.528. The number of hydrogen-bond acceptors (Lipinski definition) is 4. The Hall–Kier alpha value is -2.28. The molecule has 0 unspecified atom stereocenters. The summed E-state index contributed by atoms with van der Waals surface area (Å²) in [5.74, 6) is -0.295. The fourth-order valence-corrected chi connectivity index (χ4v) is 2.04. The summed E-state index contributed by atoms with van der Waals surface area (Å²) in [6.07, 6.45) is 1.57. The Balaban J connectivity index is 2.06. The first kappa shape index (κ1) is 14.1. The lowest BCUT2D eigenvalue weighted by Gasteiger charge is -2.06. The number of rotatable bonds is 4. The summed E-state index contributed by atoms with van der Waals surface area (Å²) < 4.78 is 0.455. The van der Waals surface area contributed by atoms with Crippen LogP contribution in [0.5, 0.6) is 0 Å². The van der Waals surface area contributed by atoms with Crippen LogP contribution in [0.25, 0.3) is 0 Å². The number of pyridine rings is 1. The third-order valence-corrected chi connectivity index (χ3v) is 3.21. The molecule has 102 valence electrons. The number of amides is 1. The second-order valence-electron chi connectivity index (χ2n) is 3.95. The van der Waals surface area contributed by atoms with Gasteiger partial charge in [0, 0.05) is 24.9 Å². The molecule has 20 heavy (non-hydrogen) atoms. The van der Waals surface area contributed by atoms with Crippen LogP contribution in [0, 0.1) is 10.1 Å². The summed E-state index contributed by atoms with van der Waals surface area (Å²) in [4.78, 5) is 26.1. The molecule has 1 amide bonds. The Morgan fingerprint density at radius 1 is 1.35 bits per heavy atom. The number of benzene rings is 1. The van der Waals surface area contributed by atoms with Crippen LogP contribution in [0.3, 0.4) is 0 Å². The molecule has 0 aliphatic carbocycles.